The Morgan fingerprint density at radius 2 is 2.00 bits per heavy atom. The van der Waals surface area contributed by atoms with Crippen LogP contribution in [-0.2, 0) is 4.79 Å². The van der Waals surface area contributed by atoms with Gasteiger partial charge in [-0.3, -0.25) is 4.79 Å². The smallest absolute Gasteiger partial charge is 0.225 e. The number of halogens is 1. The first kappa shape index (κ1) is 15.0. The minimum absolute atomic E-state index is 0.274. The van der Waals surface area contributed by atoms with Crippen LogP contribution in [0.2, 0.25) is 0 Å². The SMILES string of the molecule is CCCCC(CC)C(=O)N1CCC(CBr)CC1. The zero-order valence-corrected chi connectivity index (χ0v) is 12.8. The van der Waals surface area contributed by atoms with Gasteiger partial charge >= 0.3 is 0 Å². The third-order valence-electron chi connectivity index (χ3n) is 3.89. The summed E-state index contributed by atoms with van der Waals surface area (Å²) >= 11 is 3.54. The summed E-state index contributed by atoms with van der Waals surface area (Å²) in [6.45, 7) is 6.28. The minimum atomic E-state index is 0.274. The van der Waals surface area contributed by atoms with Crippen molar-refractivity contribution in [3.8, 4) is 0 Å². The van der Waals surface area contributed by atoms with Crippen molar-refractivity contribution in [1.82, 2.24) is 4.90 Å². The molecule has 0 radical (unpaired) electrons. The Morgan fingerprint density at radius 3 is 2.47 bits per heavy atom. The van der Waals surface area contributed by atoms with Crippen molar-refractivity contribution in [2.75, 3.05) is 18.4 Å². The second-order valence-electron chi connectivity index (χ2n) is 5.17. The van der Waals surface area contributed by atoms with E-state index < -0.39 is 0 Å². The topological polar surface area (TPSA) is 20.3 Å². The van der Waals surface area contributed by atoms with Gasteiger partial charge in [0.2, 0.25) is 5.91 Å². The zero-order chi connectivity index (χ0) is 12.7. The fourth-order valence-electron chi connectivity index (χ4n) is 2.52. The van der Waals surface area contributed by atoms with Gasteiger partial charge in [-0.1, -0.05) is 42.6 Å². The molecular weight excluding hydrogens is 278 g/mol. The molecular formula is C14H26BrNO. The Kier molecular flexibility index (Phi) is 7.17. The number of likely N-dealkylation sites (tertiary alicyclic amines) is 1. The molecule has 0 N–H and O–H groups in total. The highest BCUT2D eigenvalue weighted by Crippen LogP contribution is 2.23. The maximum atomic E-state index is 12.3. The lowest BCUT2D eigenvalue weighted by molar-refractivity contribution is -0.137. The quantitative estimate of drug-likeness (QED) is 0.683. The van der Waals surface area contributed by atoms with E-state index in [4.69, 9.17) is 0 Å². The molecule has 1 atom stereocenters. The van der Waals surface area contributed by atoms with Gasteiger partial charge in [0, 0.05) is 24.3 Å². The highest BCUT2D eigenvalue weighted by Gasteiger charge is 2.26. The van der Waals surface area contributed by atoms with Gasteiger partial charge in [0.05, 0.1) is 0 Å². The molecule has 1 rings (SSSR count). The van der Waals surface area contributed by atoms with Gasteiger partial charge < -0.3 is 4.90 Å². The van der Waals surface area contributed by atoms with Gasteiger partial charge in [-0.25, -0.2) is 0 Å². The molecule has 1 aliphatic heterocycles. The number of rotatable bonds is 6. The van der Waals surface area contributed by atoms with E-state index in [0.29, 0.717) is 5.91 Å². The highest BCUT2D eigenvalue weighted by atomic mass is 79.9. The molecule has 3 heteroatoms. The van der Waals surface area contributed by atoms with Crippen molar-refractivity contribution >= 4 is 21.8 Å². The van der Waals surface area contributed by atoms with Crippen molar-refractivity contribution < 1.29 is 4.79 Å². The minimum Gasteiger partial charge on any atom is -0.342 e. The van der Waals surface area contributed by atoms with E-state index in [0.717, 1.165) is 37.2 Å². The molecule has 1 fully saturated rings. The van der Waals surface area contributed by atoms with Gasteiger partial charge in [0.1, 0.15) is 0 Å². The van der Waals surface area contributed by atoms with E-state index in [1.54, 1.807) is 0 Å². The summed E-state index contributed by atoms with van der Waals surface area (Å²) < 4.78 is 0. The fraction of sp³-hybridized carbons (Fsp3) is 0.929. The van der Waals surface area contributed by atoms with Crippen LogP contribution in [0.3, 0.4) is 0 Å². The van der Waals surface area contributed by atoms with Gasteiger partial charge in [-0.05, 0) is 31.6 Å². The summed E-state index contributed by atoms with van der Waals surface area (Å²) in [5.41, 5.74) is 0. The molecule has 2 nitrogen and oxygen atoms in total. The van der Waals surface area contributed by atoms with E-state index in [-0.39, 0.29) is 5.92 Å². The molecule has 17 heavy (non-hydrogen) atoms. The molecule has 1 heterocycles. The molecule has 0 aromatic carbocycles. The predicted molar refractivity (Wildman–Crippen MR) is 76.4 cm³/mol. The molecule has 0 aromatic rings. The normalized spacial score (nSPS) is 19.4. The van der Waals surface area contributed by atoms with Gasteiger partial charge in [-0.15, -0.1) is 0 Å². The standard InChI is InChI=1S/C14H26BrNO/c1-3-5-6-13(4-2)14(17)16-9-7-12(11-15)8-10-16/h12-13H,3-11H2,1-2H3. The van der Waals surface area contributed by atoms with E-state index in [1.165, 1.54) is 25.7 Å². The van der Waals surface area contributed by atoms with Gasteiger partial charge in [-0.2, -0.15) is 0 Å². The number of alkyl halides is 1. The summed E-state index contributed by atoms with van der Waals surface area (Å²) in [5.74, 6) is 1.46. The van der Waals surface area contributed by atoms with Crippen LogP contribution in [0.5, 0.6) is 0 Å². The molecule has 1 unspecified atom stereocenters. The number of carbonyl (C=O) groups is 1. The molecule has 1 saturated heterocycles. The van der Waals surface area contributed by atoms with Gasteiger partial charge in [0.15, 0.2) is 0 Å². The number of amides is 1. The highest BCUT2D eigenvalue weighted by molar-refractivity contribution is 9.09. The average molecular weight is 304 g/mol. The first-order valence-electron chi connectivity index (χ1n) is 7.07. The van der Waals surface area contributed by atoms with Crippen LogP contribution in [-0.4, -0.2) is 29.2 Å². The van der Waals surface area contributed by atoms with Crippen molar-refractivity contribution in [1.29, 1.82) is 0 Å². The molecule has 100 valence electrons. The molecule has 0 aromatic heterocycles. The Bertz CT molecular complexity index is 224. The second-order valence-corrected chi connectivity index (χ2v) is 5.82. The Hall–Kier alpha value is -0.0500. The van der Waals surface area contributed by atoms with E-state index >= 15 is 0 Å². The molecule has 0 spiro atoms. The third kappa shape index (κ3) is 4.61. The molecule has 1 amide bonds. The van der Waals surface area contributed by atoms with Crippen LogP contribution in [0.15, 0.2) is 0 Å². The number of nitrogens with zero attached hydrogens (tertiary/aromatic N) is 1. The lowest BCUT2D eigenvalue weighted by atomic mass is 9.94. The number of hydrogen-bond acceptors (Lipinski definition) is 1. The zero-order valence-electron chi connectivity index (χ0n) is 11.3. The first-order valence-corrected chi connectivity index (χ1v) is 8.19. The van der Waals surface area contributed by atoms with Crippen molar-refractivity contribution in [3.05, 3.63) is 0 Å². The largest absolute Gasteiger partial charge is 0.342 e. The fourth-order valence-corrected chi connectivity index (χ4v) is 3.17. The summed E-state index contributed by atoms with van der Waals surface area (Å²) in [7, 11) is 0. The van der Waals surface area contributed by atoms with E-state index in [1.807, 2.05) is 0 Å². The van der Waals surface area contributed by atoms with Crippen LogP contribution in [0.25, 0.3) is 0 Å². The van der Waals surface area contributed by atoms with Crippen LogP contribution >= 0.6 is 15.9 Å². The van der Waals surface area contributed by atoms with Gasteiger partial charge in [0.25, 0.3) is 0 Å². The maximum Gasteiger partial charge on any atom is 0.225 e. The van der Waals surface area contributed by atoms with Crippen LogP contribution in [0, 0.1) is 11.8 Å². The van der Waals surface area contributed by atoms with Crippen molar-refractivity contribution in [3.63, 3.8) is 0 Å². The molecule has 0 bridgehead atoms. The Labute approximate surface area is 114 Å². The number of hydrogen-bond donors (Lipinski definition) is 0. The number of unbranched alkanes of at least 4 members (excludes halogenated alkanes) is 1. The third-order valence-corrected chi connectivity index (χ3v) is 4.81. The van der Waals surface area contributed by atoms with Crippen LogP contribution in [0.1, 0.15) is 52.4 Å². The molecule has 0 aliphatic carbocycles. The number of carbonyl (C=O) groups excluding carboxylic acids is 1. The first-order chi connectivity index (χ1) is 8.22. The van der Waals surface area contributed by atoms with E-state index in [2.05, 4.69) is 34.7 Å². The van der Waals surface area contributed by atoms with Crippen LogP contribution in [0.4, 0.5) is 0 Å². The average Bonchev–Trinajstić information content (AvgIpc) is 2.39. The summed E-state index contributed by atoms with van der Waals surface area (Å²) in [5, 5.41) is 1.09. The Morgan fingerprint density at radius 1 is 1.35 bits per heavy atom. The maximum absolute atomic E-state index is 12.3. The summed E-state index contributed by atoms with van der Waals surface area (Å²) in [4.78, 5) is 14.4. The summed E-state index contributed by atoms with van der Waals surface area (Å²) in [6.07, 6.45) is 6.78. The lowest BCUT2D eigenvalue weighted by Gasteiger charge is -2.33. The second kappa shape index (κ2) is 8.12. The molecule has 0 saturated carbocycles. The Balaban J connectivity index is 2.40. The van der Waals surface area contributed by atoms with E-state index in [9.17, 15) is 4.79 Å². The van der Waals surface area contributed by atoms with Crippen LogP contribution < -0.4 is 0 Å². The summed E-state index contributed by atoms with van der Waals surface area (Å²) in [6, 6.07) is 0. The number of piperidine rings is 1. The predicted octanol–water partition coefficient (Wildman–Crippen LogP) is 3.84. The lowest BCUT2D eigenvalue weighted by Crippen LogP contribution is -2.42. The monoisotopic (exact) mass is 303 g/mol. The van der Waals surface area contributed by atoms with Crippen molar-refractivity contribution in [2.24, 2.45) is 11.8 Å². The van der Waals surface area contributed by atoms with Crippen molar-refractivity contribution in [2.45, 2.75) is 52.4 Å². The molecule has 1 aliphatic rings.